The van der Waals surface area contributed by atoms with Gasteiger partial charge in [0.05, 0.1) is 19.7 Å². The maximum absolute atomic E-state index is 14.0. The number of para-hydroxylation sites is 1. The molecule has 0 saturated heterocycles. The number of methoxy groups -OCH3 is 2. The van der Waals surface area contributed by atoms with Crippen LogP contribution < -0.4 is 14.8 Å². The van der Waals surface area contributed by atoms with Crippen LogP contribution in [0.1, 0.15) is 57.1 Å². The molecule has 1 aliphatic rings. The maximum Gasteiger partial charge on any atom is 0.247 e. The molecule has 210 valence electrons. The topological polar surface area (TPSA) is 108 Å². The van der Waals surface area contributed by atoms with Crippen LogP contribution in [0.2, 0.25) is 0 Å². The van der Waals surface area contributed by atoms with Gasteiger partial charge in [-0.1, -0.05) is 36.6 Å². The van der Waals surface area contributed by atoms with Gasteiger partial charge in [-0.05, 0) is 50.5 Å². The lowest BCUT2D eigenvalue weighted by Gasteiger charge is -2.34. The SMILES string of the molecule is CCOCCCN(C(=O)Cn1nnc2ccccc21)C(C(=O)NC1CCCCC1)c1ccc(OC)cc1OC. The summed E-state index contributed by atoms with van der Waals surface area (Å²) in [6.07, 6.45) is 5.78. The summed E-state index contributed by atoms with van der Waals surface area (Å²) in [5, 5.41) is 11.6. The van der Waals surface area contributed by atoms with Crippen molar-refractivity contribution in [3.8, 4) is 11.5 Å². The highest BCUT2D eigenvalue weighted by Gasteiger charge is 2.35. The summed E-state index contributed by atoms with van der Waals surface area (Å²) >= 11 is 0. The van der Waals surface area contributed by atoms with Crippen LogP contribution in [0.5, 0.6) is 11.5 Å². The third-order valence-electron chi connectivity index (χ3n) is 7.16. The van der Waals surface area contributed by atoms with Crippen molar-refractivity contribution in [1.29, 1.82) is 0 Å². The molecular weight excluding hydrogens is 498 g/mol. The highest BCUT2D eigenvalue weighted by Crippen LogP contribution is 2.34. The number of nitrogens with one attached hydrogen (secondary N) is 1. The summed E-state index contributed by atoms with van der Waals surface area (Å²) in [4.78, 5) is 29.7. The van der Waals surface area contributed by atoms with Crippen molar-refractivity contribution in [3.05, 3.63) is 48.0 Å². The first-order chi connectivity index (χ1) is 19.0. The fourth-order valence-electron chi connectivity index (χ4n) is 5.15. The molecule has 1 fully saturated rings. The molecule has 3 aromatic rings. The second-order valence-corrected chi connectivity index (χ2v) is 9.73. The average Bonchev–Trinajstić information content (AvgIpc) is 3.37. The number of benzene rings is 2. The van der Waals surface area contributed by atoms with Crippen LogP contribution in [0.15, 0.2) is 42.5 Å². The van der Waals surface area contributed by atoms with Gasteiger partial charge in [0.25, 0.3) is 0 Å². The third-order valence-corrected chi connectivity index (χ3v) is 7.16. The highest BCUT2D eigenvalue weighted by molar-refractivity contribution is 5.90. The molecule has 0 radical (unpaired) electrons. The van der Waals surface area contributed by atoms with E-state index in [4.69, 9.17) is 14.2 Å². The molecule has 1 atom stereocenters. The number of hydrogen-bond donors (Lipinski definition) is 1. The molecule has 0 bridgehead atoms. The predicted molar refractivity (Wildman–Crippen MR) is 148 cm³/mol. The van der Waals surface area contributed by atoms with Gasteiger partial charge in [0.15, 0.2) is 0 Å². The molecule has 1 unspecified atom stereocenters. The molecule has 39 heavy (non-hydrogen) atoms. The molecule has 10 heteroatoms. The predicted octanol–water partition coefficient (Wildman–Crippen LogP) is 3.89. The largest absolute Gasteiger partial charge is 0.497 e. The summed E-state index contributed by atoms with van der Waals surface area (Å²) in [6, 6.07) is 12.0. The second-order valence-electron chi connectivity index (χ2n) is 9.73. The van der Waals surface area contributed by atoms with E-state index in [1.807, 2.05) is 31.2 Å². The molecule has 2 amide bonds. The molecule has 1 heterocycles. The number of fused-ring (bicyclic) bond motifs is 1. The Kier molecular flexibility index (Phi) is 10.1. The Labute approximate surface area is 229 Å². The molecule has 1 N–H and O–H groups in total. The highest BCUT2D eigenvalue weighted by atomic mass is 16.5. The Bertz CT molecular complexity index is 1240. The minimum absolute atomic E-state index is 0.0547. The molecule has 10 nitrogen and oxygen atoms in total. The van der Waals surface area contributed by atoms with Crippen molar-refractivity contribution in [2.24, 2.45) is 0 Å². The number of hydrogen-bond acceptors (Lipinski definition) is 7. The smallest absolute Gasteiger partial charge is 0.247 e. The standard InChI is InChI=1S/C29H39N5O5/c1-4-39-18-10-17-33(27(35)20-34-25-14-9-8-13-24(25)31-32-34)28(29(36)30-21-11-6-5-7-12-21)23-16-15-22(37-2)19-26(23)38-3/h8-9,13-16,19,21,28H,4-7,10-12,17-18,20H2,1-3H3,(H,30,36). The van der Waals surface area contributed by atoms with E-state index in [0.717, 1.165) is 31.2 Å². The van der Waals surface area contributed by atoms with Crippen molar-refractivity contribution < 1.29 is 23.8 Å². The lowest BCUT2D eigenvalue weighted by molar-refractivity contribution is -0.142. The van der Waals surface area contributed by atoms with Crippen molar-refractivity contribution in [3.63, 3.8) is 0 Å². The van der Waals surface area contributed by atoms with E-state index in [0.29, 0.717) is 48.8 Å². The van der Waals surface area contributed by atoms with Gasteiger partial charge in [0.1, 0.15) is 29.6 Å². The van der Waals surface area contributed by atoms with Gasteiger partial charge in [-0.25, -0.2) is 4.68 Å². The monoisotopic (exact) mass is 537 g/mol. The summed E-state index contributed by atoms with van der Waals surface area (Å²) in [7, 11) is 3.13. The Morgan fingerprint density at radius 1 is 1.10 bits per heavy atom. The molecule has 0 aliphatic heterocycles. The van der Waals surface area contributed by atoms with Crippen LogP contribution in [0, 0.1) is 0 Å². The summed E-state index contributed by atoms with van der Waals surface area (Å²) in [6.45, 7) is 3.26. The van der Waals surface area contributed by atoms with Crippen molar-refractivity contribution >= 4 is 22.8 Å². The lowest BCUT2D eigenvalue weighted by Crippen LogP contribution is -2.48. The zero-order valence-electron chi connectivity index (χ0n) is 23.1. The number of amides is 2. The Morgan fingerprint density at radius 2 is 1.90 bits per heavy atom. The van der Waals surface area contributed by atoms with Crippen LogP contribution in [0.25, 0.3) is 11.0 Å². The quantitative estimate of drug-likeness (QED) is 0.330. The number of nitrogens with zero attached hydrogens (tertiary/aromatic N) is 4. The van der Waals surface area contributed by atoms with Gasteiger partial charge >= 0.3 is 0 Å². The van der Waals surface area contributed by atoms with Crippen molar-refractivity contribution in [1.82, 2.24) is 25.2 Å². The van der Waals surface area contributed by atoms with Crippen LogP contribution in [-0.4, -0.2) is 71.7 Å². The van der Waals surface area contributed by atoms with Gasteiger partial charge in [-0.2, -0.15) is 0 Å². The molecule has 1 aliphatic carbocycles. The molecule has 1 aromatic heterocycles. The van der Waals surface area contributed by atoms with Gasteiger partial charge in [0.2, 0.25) is 11.8 Å². The number of aromatic nitrogens is 3. The van der Waals surface area contributed by atoms with Gasteiger partial charge in [0, 0.05) is 37.4 Å². The van der Waals surface area contributed by atoms with E-state index >= 15 is 0 Å². The van der Waals surface area contributed by atoms with Gasteiger partial charge in [-0.15, -0.1) is 5.10 Å². The Morgan fingerprint density at radius 3 is 2.64 bits per heavy atom. The van der Waals surface area contributed by atoms with Crippen LogP contribution >= 0.6 is 0 Å². The number of rotatable bonds is 13. The Balaban J connectivity index is 1.70. The fraction of sp³-hybridized carbons (Fsp3) is 0.517. The zero-order chi connectivity index (χ0) is 27.6. The van der Waals surface area contributed by atoms with Crippen LogP contribution in [-0.2, 0) is 20.9 Å². The molecular formula is C29H39N5O5. The summed E-state index contributed by atoms with van der Waals surface area (Å²) in [5.41, 5.74) is 2.06. The van der Waals surface area contributed by atoms with E-state index in [1.165, 1.54) is 6.42 Å². The molecule has 0 spiro atoms. The second kappa shape index (κ2) is 13.9. The number of carbonyl (C=O) groups excluding carboxylic acids is 2. The lowest BCUT2D eigenvalue weighted by atomic mass is 9.94. The van der Waals surface area contributed by atoms with Gasteiger partial charge < -0.3 is 24.4 Å². The van der Waals surface area contributed by atoms with Crippen LogP contribution in [0.3, 0.4) is 0 Å². The fourth-order valence-corrected chi connectivity index (χ4v) is 5.15. The zero-order valence-corrected chi connectivity index (χ0v) is 23.1. The first-order valence-corrected chi connectivity index (χ1v) is 13.7. The molecule has 1 saturated carbocycles. The average molecular weight is 538 g/mol. The number of carbonyl (C=O) groups is 2. The van der Waals surface area contributed by atoms with E-state index < -0.39 is 6.04 Å². The minimum atomic E-state index is -0.906. The summed E-state index contributed by atoms with van der Waals surface area (Å²) in [5.74, 6) is 0.611. The van der Waals surface area contributed by atoms with Crippen molar-refractivity contribution in [2.75, 3.05) is 34.0 Å². The van der Waals surface area contributed by atoms with E-state index in [-0.39, 0.29) is 24.4 Å². The number of ether oxygens (including phenoxy) is 3. The first-order valence-electron chi connectivity index (χ1n) is 13.7. The molecule has 4 rings (SSSR count). The van der Waals surface area contributed by atoms with E-state index in [2.05, 4.69) is 15.6 Å². The van der Waals surface area contributed by atoms with Crippen LogP contribution in [0.4, 0.5) is 0 Å². The van der Waals surface area contributed by atoms with Crippen molar-refractivity contribution in [2.45, 2.75) is 64.1 Å². The normalized spacial score (nSPS) is 14.6. The van der Waals surface area contributed by atoms with E-state index in [1.54, 1.807) is 42.0 Å². The molecule has 2 aromatic carbocycles. The third kappa shape index (κ3) is 7.06. The Hall–Kier alpha value is -3.66. The first kappa shape index (κ1) is 28.4. The minimum Gasteiger partial charge on any atom is -0.497 e. The maximum atomic E-state index is 14.0. The van der Waals surface area contributed by atoms with E-state index in [9.17, 15) is 9.59 Å². The van der Waals surface area contributed by atoms with Gasteiger partial charge in [-0.3, -0.25) is 9.59 Å². The summed E-state index contributed by atoms with van der Waals surface area (Å²) < 4.78 is 18.2.